The molecule has 2 unspecified atom stereocenters. The lowest BCUT2D eigenvalue weighted by Crippen LogP contribution is -2.36. The smallest absolute Gasteiger partial charge is 0.141 e. The van der Waals surface area contributed by atoms with Crippen molar-refractivity contribution in [3.8, 4) is 0 Å². The quantitative estimate of drug-likeness (QED) is 0.892. The molecule has 0 fully saturated rings. The fraction of sp³-hybridized carbons (Fsp3) is 0.400. The lowest BCUT2D eigenvalue weighted by molar-refractivity contribution is 0.0543. The number of nitrogens with zero attached hydrogens (tertiary/aromatic N) is 2. The minimum Gasteiger partial charge on any atom is -0.384 e. The molecule has 0 saturated carbocycles. The molecule has 1 aromatic heterocycles. The summed E-state index contributed by atoms with van der Waals surface area (Å²) in [4.78, 5) is 0. The number of halogens is 2. The van der Waals surface area contributed by atoms with E-state index in [1.165, 1.54) is 6.07 Å². The monoisotopic (exact) mass is 311 g/mol. The second-order valence-electron chi connectivity index (χ2n) is 5.45. The van der Waals surface area contributed by atoms with E-state index in [2.05, 4.69) is 10.4 Å². The summed E-state index contributed by atoms with van der Waals surface area (Å²) < 4.78 is 14.8. The molecule has 0 spiro atoms. The molecule has 0 amide bonds. The van der Waals surface area contributed by atoms with Crippen LogP contribution in [0.2, 0.25) is 5.02 Å². The molecule has 21 heavy (non-hydrogen) atoms. The van der Waals surface area contributed by atoms with Crippen LogP contribution in [0.25, 0.3) is 0 Å². The summed E-state index contributed by atoms with van der Waals surface area (Å²) in [7, 11) is 1.80. The van der Waals surface area contributed by atoms with Gasteiger partial charge in [0.1, 0.15) is 11.4 Å². The molecule has 0 aliphatic rings. The topological polar surface area (TPSA) is 50.1 Å². The number of hydrogen-bond acceptors (Lipinski definition) is 3. The molecule has 0 saturated heterocycles. The summed E-state index contributed by atoms with van der Waals surface area (Å²) in [5.41, 5.74) is 0.567. The van der Waals surface area contributed by atoms with Gasteiger partial charge in [0, 0.05) is 31.4 Å². The second-order valence-corrected chi connectivity index (χ2v) is 5.86. The van der Waals surface area contributed by atoms with Gasteiger partial charge in [-0.3, -0.25) is 4.68 Å². The Bertz CT molecular complexity index is 627. The normalized spacial score (nSPS) is 15.7. The van der Waals surface area contributed by atoms with Crippen molar-refractivity contribution in [1.82, 2.24) is 15.1 Å². The van der Waals surface area contributed by atoms with Gasteiger partial charge in [-0.05, 0) is 31.5 Å². The maximum Gasteiger partial charge on any atom is 0.141 e. The highest BCUT2D eigenvalue weighted by atomic mass is 35.5. The van der Waals surface area contributed by atoms with Crippen molar-refractivity contribution < 1.29 is 9.50 Å². The average Bonchev–Trinajstić information content (AvgIpc) is 2.87. The first-order chi connectivity index (χ1) is 9.79. The number of benzene rings is 1. The number of aromatic nitrogens is 2. The van der Waals surface area contributed by atoms with E-state index in [4.69, 9.17) is 11.6 Å². The first kappa shape index (κ1) is 15.9. The summed E-state index contributed by atoms with van der Waals surface area (Å²) in [5, 5.41) is 17.9. The fourth-order valence-corrected chi connectivity index (χ4v) is 2.24. The van der Waals surface area contributed by atoms with Crippen molar-refractivity contribution in [2.45, 2.75) is 25.5 Å². The highest BCUT2D eigenvalue weighted by Crippen LogP contribution is 2.23. The number of aliphatic hydroxyl groups is 1. The van der Waals surface area contributed by atoms with Crippen LogP contribution in [0.3, 0.4) is 0 Å². The molecule has 0 aliphatic carbocycles. The predicted molar refractivity (Wildman–Crippen MR) is 80.6 cm³/mol. The van der Waals surface area contributed by atoms with Crippen molar-refractivity contribution in [1.29, 1.82) is 0 Å². The van der Waals surface area contributed by atoms with Crippen molar-refractivity contribution in [2.75, 3.05) is 6.54 Å². The Morgan fingerprint density at radius 1 is 1.52 bits per heavy atom. The Morgan fingerprint density at radius 3 is 2.81 bits per heavy atom. The maximum absolute atomic E-state index is 13.2. The van der Waals surface area contributed by atoms with Gasteiger partial charge in [0.2, 0.25) is 0 Å². The first-order valence-electron chi connectivity index (χ1n) is 6.69. The fourth-order valence-electron chi connectivity index (χ4n) is 2.05. The zero-order valence-corrected chi connectivity index (χ0v) is 13.0. The Kier molecular flexibility index (Phi) is 4.66. The van der Waals surface area contributed by atoms with Gasteiger partial charge in [0.15, 0.2) is 0 Å². The van der Waals surface area contributed by atoms with Crippen molar-refractivity contribution >= 4 is 11.6 Å². The molecule has 2 rings (SSSR count). The molecule has 4 nitrogen and oxygen atoms in total. The highest BCUT2D eigenvalue weighted by molar-refractivity contribution is 6.30. The molecule has 1 aromatic carbocycles. The first-order valence-corrected chi connectivity index (χ1v) is 7.07. The van der Waals surface area contributed by atoms with E-state index in [-0.39, 0.29) is 11.1 Å². The molecular weight excluding hydrogens is 293 g/mol. The number of nitrogens with one attached hydrogen (secondary N) is 1. The summed E-state index contributed by atoms with van der Waals surface area (Å²) in [6.45, 7) is 4.00. The van der Waals surface area contributed by atoms with Crippen molar-refractivity contribution in [3.05, 3.63) is 52.6 Å². The Morgan fingerprint density at radius 2 is 2.24 bits per heavy atom. The minimum absolute atomic E-state index is 0.0637. The van der Waals surface area contributed by atoms with E-state index in [1.54, 1.807) is 43.2 Å². The van der Waals surface area contributed by atoms with E-state index < -0.39 is 11.4 Å². The van der Waals surface area contributed by atoms with Crippen LogP contribution >= 0.6 is 11.6 Å². The molecule has 0 aliphatic heterocycles. The van der Waals surface area contributed by atoms with Gasteiger partial charge in [0.25, 0.3) is 0 Å². The van der Waals surface area contributed by atoms with Crippen LogP contribution in [0, 0.1) is 5.82 Å². The average molecular weight is 312 g/mol. The van der Waals surface area contributed by atoms with Crippen LogP contribution in [-0.4, -0.2) is 21.4 Å². The molecule has 1 heterocycles. The van der Waals surface area contributed by atoms with Crippen LogP contribution < -0.4 is 5.32 Å². The Hall–Kier alpha value is -1.43. The van der Waals surface area contributed by atoms with Crippen molar-refractivity contribution in [3.63, 3.8) is 0 Å². The van der Waals surface area contributed by atoms with Crippen LogP contribution in [0.5, 0.6) is 0 Å². The second kappa shape index (κ2) is 6.13. The zero-order chi connectivity index (χ0) is 15.6. The van der Waals surface area contributed by atoms with Crippen LogP contribution in [-0.2, 0) is 12.6 Å². The molecule has 2 aromatic rings. The lowest BCUT2D eigenvalue weighted by Gasteiger charge is -2.25. The van der Waals surface area contributed by atoms with Gasteiger partial charge < -0.3 is 10.4 Å². The highest BCUT2D eigenvalue weighted by Gasteiger charge is 2.25. The molecular formula is C15H19ClFN3O. The van der Waals surface area contributed by atoms with Gasteiger partial charge in [-0.2, -0.15) is 5.10 Å². The van der Waals surface area contributed by atoms with E-state index >= 15 is 0 Å². The summed E-state index contributed by atoms with van der Waals surface area (Å²) in [5.74, 6) is -0.435. The summed E-state index contributed by atoms with van der Waals surface area (Å²) in [6, 6.07) is 4.55. The van der Waals surface area contributed by atoms with Crippen molar-refractivity contribution in [2.24, 2.45) is 7.05 Å². The van der Waals surface area contributed by atoms with Gasteiger partial charge >= 0.3 is 0 Å². The SMILES string of the molecule is CC(NCC(C)(O)c1cnn(C)c1)c1ccc(F)c(Cl)c1. The lowest BCUT2D eigenvalue weighted by atomic mass is 9.98. The van der Waals surface area contributed by atoms with E-state index in [9.17, 15) is 9.50 Å². The number of rotatable bonds is 5. The minimum atomic E-state index is -1.04. The van der Waals surface area contributed by atoms with E-state index in [0.717, 1.165) is 11.1 Å². The van der Waals surface area contributed by atoms with Gasteiger partial charge in [-0.1, -0.05) is 17.7 Å². The molecule has 114 valence electrons. The third-order valence-corrected chi connectivity index (χ3v) is 3.81. The standard InChI is InChI=1S/C15H19ClFN3O/c1-10(11-4-5-14(17)13(16)6-11)18-9-15(2,21)12-7-19-20(3)8-12/h4-8,10,18,21H,9H2,1-3H3. The maximum atomic E-state index is 13.2. The molecule has 0 radical (unpaired) electrons. The Balaban J connectivity index is 2.03. The third-order valence-electron chi connectivity index (χ3n) is 3.52. The summed E-state index contributed by atoms with van der Waals surface area (Å²) in [6.07, 6.45) is 3.42. The largest absolute Gasteiger partial charge is 0.384 e. The Labute approximate surface area is 128 Å². The zero-order valence-electron chi connectivity index (χ0n) is 12.3. The van der Waals surface area contributed by atoms with Crippen LogP contribution in [0.4, 0.5) is 4.39 Å². The molecule has 2 atom stereocenters. The number of hydrogen-bond donors (Lipinski definition) is 2. The summed E-state index contributed by atoms with van der Waals surface area (Å²) >= 11 is 5.78. The predicted octanol–water partition coefficient (Wildman–Crippen LogP) is 2.77. The number of aryl methyl sites for hydroxylation is 1. The molecule has 2 N–H and O–H groups in total. The van der Waals surface area contributed by atoms with Crippen LogP contribution in [0.1, 0.15) is 31.0 Å². The van der Waals surface area contributed by atoms with Gasteiger partial charge in [-0.25, -0.2) is 4.39 Å². The van der Waals surface area contributed by atoms with Gasteiger partial charge in [-0.15, -0.1) is 0 Å². The van der Waals surface area contributed by atoms with Crippen LogP contribution in [0.15, 0.2) is 30.6 Å². The van der Waals surface area contributed by atoms with E-state index in [0.29, 0.717) is 6.54 Å². The molecule has 6 heteroatoms. The molecule has 0 bridgehead atoms. The third kappa shape index (κ3) is 3.81. The van der Waals surface area contributed by atoms with E-state index in [1.807, 2.05) is 6.92 Å². The van der Waals surface area contributed by atoms with Gasteiger partial charge in [0.05, 0.1) is 11.2 Å².